The molecule has 0 bridgehead atoms. The van der Waals surface area contributed by atoms with Crippen molar-refractivity contribution in [3.05, 3.63) is 59.2 Å². The highest BCUT2D eigenvalue weighted by molar-refractivity contribution is 6.02. The lowest BCUT2D eigenvalue weighted by Gasteiger charge is -2.08. The zero-order valence-corrected chi connectivity index (χ0v) is 13.1. The Bertz CT molecular complexity index is 844. The molecular formula is C19H20N2O. The van der Waals surface area contributed by atoms with Crippen LogP contribution in [0.4, 0.5) is 5.69 Å². The predicted octanol–water partition coefficient (Wildman–Crippen LogP) is 5.06. The number of nitrogens with one attached hydrogen (secondary N) is 1. The number of rotatable bonds is 3. The normalized spacial score (nSPS) is 11.8. The van der Waals surface area contributed by atoms with Gasteiger partial charge in [-0.15, -0.1) is 0 Å². The summed E-state index contributed by atoms with van der Waals surface area (Å²) in [5.41, 5.74) is 4.96. The Kier molecular flexibility index (Phi) is 3.72. The summed E-state index contributed by atoms with van der Waals surface area (Å²) >= 11 is 0. The molecule has 0 aliphatic rings. The minimum absolute atomic E-state index is 0.159. The molecule has 2 N–H and O–H groups in total. The van der Waals surface area contributed by atoms with E-state index in [0.717, 1.165) is 27.7 Å². The second-order valence-electron chi connectivity index (χ2n) is 5.91. The van der Waals surface area contributed by atoms with E-state index in [2.05, 4.69) is 29.9 Å². The van der Waals surface area contributed by atoms with Crippen LogP contribution in [0.25, 0.3) is 10.9 Å². The van der Waals surface area contributed by atoms with Crippen molar-refractivity contribution < 1.29 is 5.11 Å². The molecule has 0 aliphatic heterocycles. The highest BCUT2D eigenvalue weighted by Gasteiger charge is 2.09. The van der Waals surface area contributed by atoms with Crippen molar-refractivity contribution in [2.75, 3.05) is 0 Å². The average molecular weight is 292 g/mol. The van der Waals surface area contributed by atoms with Crippen LogP contribution in [-0.2, 0) is 0 Å². The molecule has 3 rings (SSSR count). The van der Waals surface area contributed by atoms with Crippen molar-refractivity contribution in [1.29, 1.82) is 0 Å². The Hall–Kier alpha value is -2.55. The van der Waals surface area contributed by atoms with E-state index >= 15 is 0 Å². The van der Waals surface area contributed by atoms with Gasteiger partial charge in [-0.25, -0.2) is 0 Å². The summed E-state index contributed by atoms with van der Waals surface area (Å²) in [6.07, 6.45) is 1.74. The first kappa shape index (κ1) is 14.4. The first-order valence-electron chi connectivity index (χ1n) is 7.50. The number of fused-ring (bicyclic) bond motifs is 1. The van der Waals surface area contributed by atoms with E-state index in [1.807, 2.05) is 43.3 Å². The first-order valence-corrected chi connectivity index (χ1v) is 7.50. The van der Waals surface area contributed by atoms with Crippen LogP contribution in [0.2, 0.25) is 0 Å². The number of aryl methyl sites for hydroxylation is 1. The summed E-state index contributed by atoms with van der Waals surface area (Å²) in [5.74, 6) is 0.568. The van der Waals surface area contributed by atoms with Gasteiger partial charge in [0.05, 0.1) is 11.3 Å². The second kappa shape index (κ2) is 5.68. The predicted molar refractivity (Wildman–Crippen MR) is 92.5 cm³/mol. The zero-order valence-electron chi connectivity index (χ0n) is 13.1. The molecule has 3 nitrogen and oxygen atoms in total. The average Bonchev–Trinajstić information content (AvgIpc) is 2.79. The topological polar surface area (TPSA) is 48.4 Å². The van der Waals surface area contributed by atoms with Gasteiger partial charge in [0.25, 0.3) is 0 Å². The summed E-state index contributed by atoms with van der Waals surface area (Å²) in [4.78, 5) is 7.60. The molecule has 0 saturated heterocycles. The Balaban J connectivity index is 2.05. The molecule has 0 radical (unpaired) electrons. The number of aromatic hydroxyl groups is 1. The SMILES string of the molecule is Cc1ccc2c(C=Nc3ccccc3C(C)C)c(O)[nH]c2c1. The van der Waals surface area contributed by atoms with Crippen LogP contribution in [0.1, 0.15) is 36.5 Å². The lowest BCUT2D eigenvalue weighted by Crippen LogP contribution is -1.88. The molecule has 3 aromatic rings. The van der Waals surface area contributed by atoms with E-state index in [1.165, 1.54) is 5.56 Å². The zero-order chi connectivity index (χ0) is 15.7. The molecule has 0 aliphatic carbocycles. The summed E-state index contributed by atoms with van der Waals surface area (Å²) in [7, 11) is 0. The second-order valence-corrected chi connectivity index (χ2v) is 5.91. The van der Waals surface area contributed by atoms with Crippen LogP contribution in [0.5, 0.6) is 5.88 Å². The summed E-state index contributed by atoms with van der Waals surface area (Å²) in [5, 5.41) is 11.1. The first-order chi connectivity index (χ1) is 10.6. The quantitative estimate of drug-likeness (QED) is 0.651. The number of aromatic nitrogens is 1. The van der Waals surface area contributed by atoms with Crippen LogP contribution < -0.4 is 0 Å². The Morgan fingerprint density at radius 2 is 1.91 bits per heavy atom. The van der Waals surface area contributed by atoms with Gasteiger partial charge < -0.3 is 10.1 Å². The molecule has 0 atom stereocenters. The van der Waals surface area contributed by atoms with E-state index in [1.54, 1.807) is 6.21 Å². The highest BCUT2D eigenvalue weighted by atomic mass is 16.3. The van der Waals surface area contributed by atoms with Crippen molar-refractivity contribution in [3.63, 3.8) is 0 Å². The van der Waals surface area contributed by atoms with Crippen LogP contribution in [0.3, 0.4) is 0 Å². The number of nitrogens with zero attached hydrogens (tertiary/aromatic N) is 1. The Morgan fingerprint density at radius 1 is 1.14 bits per heavy atom. The number of aromatic amines is 1. The monoisotopic (exact) mass is 292 g/mol. The van der Waals surface area contributed by atoms with Gasteiger partial charge in [-0.1, -0.05) is 44.2 Å². The fourth-order valence-corrected chi connectivity index (χ4v) is 2.68. The molecule has 2 aromatic carbocycles. The molecule has 0 fully saturated rings. The fourth-order valence-electron chi connectivity index (χ4n) is 2.68. The third-order valence-corrected chi connectivity index (χ3v) is 3.86. The van der Waals surface area contributed by atoms with Gasteiger partial charge in [0.2, 0.25) is 0 Å². The third-order valence-electron chi connectivity index (χ3n) is 3.86. The van der Waals surface area contributed by atoms with Gasteiger partial charge in [-0.2, -0.15) is 0 Å². The number of benzene rings is 2. The highest BCUT2D eigenvalue weighted by Crippen LogP contribution is 2.29. The third kappa shape index (κ3) is 2.62. The molecule has 112 valence electrons. The maximum atomic E-state index is 10.1. The van der Waals surface area contributed by atoms with Crippen LogP contribution in [-0.4, -0.2) is 16.3 Å². The molecule has 0 saturated carbocycles. The summed E-state index contributed by atoms with van der Waals surface area (Å²) in [6.45, 7) is 6.34. The van der Waals surface area contributed by atoms with Crippen LogP contribution in [0.15, 0.2) is 47.5 Å². The Labute approximate surface area is 130 Å². The molecule has 3 heteroatoms. The van der Waals surface area contributed by atoms with Gasteiger partial charge in [-0.3, -0.25) is 4.99 Å². The number of aliphatic imine (C=N–C) groups is 1. The van der Waals surface area contributed by atoms with E-state index in [-0.39, 0.29) is 5.88 Å². The summed E-state index contributed by atoms with van der Waals surface area (Å²) < 4.78 is 0. The number of hydrogen-bond acceptors (Lipinski definition) is 2. The summed E-state index contributed by atoms with van der Waals surface area (Å²) in [6, 6.07) is 14.2. The lowest BCUT2D eigenvalue weighted by atomic mass is 10.0. The van der Waals surface area contributed by atoms with Crippen molar-refractivity contribution >= 4 is 22.8 Å². The maximum absolute atomic E-state index is 10.1. The molecule has 1 heterocycles. The van der Waals surface area contributed by atoms with E-state index in [4.69, 9.17) is 0 Å². The molecule has 1 aromatic heterocycles. The molecule has 0 spiro atoms. The molecule has 22 heavy (non-hydrogen) atoms. The van der Waals surface area contributed by atoms with E-state index in [9.17, 15) is 5.11 Å². The van der Waals surface area contributed by atoms with Gasteiger partial charge in [-0.05, 0) is 36.1 Å². The maximum Gasteiger partial charge on any atom is 0.198 e. The fraction of sp³-hybridized carbons (Fsp3) is 0.211. The van der Waals surface area contributed by atoms with Crippen molar-refractivity contribution in [2.24, 2.45) is 4.99 Å². The number of H-pyrrole nitrogens is 1. The van der Waals surface area contributed by atoms with Gasteiger partial charge in [0.1, 0.15) is 0 Å². The van der Waals surface area contributed by atoms with Crippen molar-refractivity contribution in [1.82, 2.24) is 4.98 Å². The van der Waals surface area contributed by atoms with Crippen LogP contribution in [0, 0.1) is 6.92 Å². The molecular weight excluding hydrogens is 272 g/mol. The molecule has 0 unspecified atom stereocenters. The van der Waals surface area contributed by atoms with Gasteiger partial charge in [0.15, 0.2) is 5.88 Å². The van der Waals surface area contributed by atoms with E-state index < -0.39 is 0 Å². The van der Waals surface area contributed by atoms with Crippen LogP contribution >= 0.6 is 0 Å². The number of para-hydroxylation sites is 1. The smallest absolute Gasteiger partial charge is 0.198 e. The number of hydrogen-bond donors (Lipinski definition) is 2. The van der Waals surface area contributed by atoms with Gasteiger partial charge in [0, 0.05) is 17.1 Å². The van der Waals surface area contributed by atoms with Gasteiger partial charge >= 0.3 is 0 Å². The Morgan fingerprint density at radius 3 is 2.68 bits per heavy atom. The largest absolute Gasteiger partial charge is 0.494 e. The minimum atomic E-state index is 0.159. The van der Waals surface area contributed by atoms with Crippen molar-refractivity contribution in [2.45, 2.75) is 26.7 Å². The van der Waals surface area contributed by atoms with Crippen molar-refractivity contribution in [3.8, 4) is 5.88 Å². The standard InChI is InChI=1S/C19H20N2O/c1-12(2)14-6-4-5-7-17(14)20-11-16-15-9-8-13(3)10-18(15)21-19(16)22/h4-12,21-22H,1-3H3. The minimum Gasteiger partial charge on any atom is -0.494 e. The lowest BCUT2D eigenvalue weighted by molar-refractivity contribution is 0.457. The van der Waals surface area contributed by atoms with E-state index in [0.29, 0.717) is 5.92 Å². The molecule has 0 amide bonds.